The second-order valence-corrected chi connectivity index (χ2v) is 4.09. The van der Waals surface area contributed by atoms with Crippen molar-refractivity contribution in [3.63, 3.8) is 0 Å². The third kappa shape index (κ3) is 2.13. The van der Waals surface area contributed by atoms with Gasteiger partial charge in [0.2, 0.25) is 0 Å². The lowest BCUT2D eigenvalue weighted by Gasteiger charge is -2.35. The maximum Gasteiger partial charge on any atom is 0.124 e. The summed E-state index contributed by atoms with van der Waals surface area (Å²) < 4.78 is 4.81. The molecule has 2 rings (SSSR count). The van der Waals surface area contributed by atoms with Crippen molar-refractivity contribution < 1.29 is 4.52 Å². The number of rotatable bonds is 2. The fraction of sp³-hybridized carbons (Fsp3) is 0.700. The number of likely N-dealkylation sites (tertiary alicyclic amines) is 1. The predicted molar refractivity (Wildman–Crippen MR) is 53.6 cm³/mol. The number of nitrogens with zero attached hydrogens (tertiary/aromatic N) is 2. The molecule has 0 aromatic carbocycles. The molecule has 0 radical (unpaired) electrons. The maximum absolute atomic E-state index is 5.90. The molecule has 14 heavy (non-hydrogen) atoms. The summed E-state index contributed by atoms with van der Waals surface area (Å²) in [6, 6.07) is 2.84. The van der Waals surface area contributed by atoms with Crippen molar-refractivity contribution in [3.8, 4) is 0 Å². The minimum Gasteiger partial charge on any atom is -0.364 e. The van der Waals surface area contributed by atoms with E-state index in [4.69, 9.17) is 10.3 Å². The van der Waals surface area contributed by atoms with Gasteiger partial charge in [-0.2, -0.15) is 0 Å². The van der Waals surface area contributed by atoms with E-state index in [0.29, 0.717) is 12.1 Å². The minimum atomic E-state index is 0.374. The number of hydrogen-bond acceptors (Lipinski definition) is 4. The first kappa shape index (κ1) is 9.68. The SMILES string of the molecule is CC1CC(N)CCN1Cc1ccon1. The zero-order valence-electron chi connectivity index (χ0n) is 8.52. The largest absolute Gasteiger partial charge is 0.364 e. The van der Waals surface area contributed by atoms with Crippen LogP contribution in [-0.4, -0.2) is 28.7 Å². The van der Waals surface area contributed by atoms with Gasteiger partial charge in [-0.1, -0.05) is 5.16 Å². The average Bonchev–Trinajstić information content (AvgIpc) is 2.62. The average molecular weight is 195 g/mol. The van der Waals surface area contributed by atoms with E-state index in [0.717, 1.165) is 31.6 Å². The van der Waals surface area contributed by atoms with Gasteiger partial charge in [-0.3, -0.25) is 4.90 Å². The van der Waals surface area contributed by atoms with Crippen molar-refractivity contribution in [2.45, 2.75) is 38.4 Å². The Balaban J connectivity index is 1.92. The van der Waals surface area contributed by atoms with E-state index in [9.17, 15) is 0 Å². The van der Waals surface area contributed by atoms with Crippen LogP contribution in [0.3, 0.4) is 0 Å². The molecule has 1 aliphatic heterocycles. The first-order chi connectivity index (χ1) is 6.75. The maximum atomic E-state index is 5.90. The number of hydrogen-bond donors (Lipinski definition) is 1. The smallest absolute Gasteiger partial charge is 0.124 e. The monoisotopic (exact) mass is 195 g/mol. The zero-order chi connectivity index (χ0) is 9.97. The van der Waals surface area contributed by atoms with E-state index in [2.05, 4.69) is 17.0 Å². The van der Waals surface area contributed by atoms with Gasteiger partial charge in [0, 0.05) is 31.2 Å². The van der Waals surface area contributed by atoms with Crippen molar-refractivity contribution in [2.24, 2.45) is 5.73 Å². The van der Waals surface area contributed by atoms with Crippen molar-refractivity contribution in [1.29, 1.82) is 0 Å². The van der Waals surface area contributed by atoms with E-state index in [-0.39, 0.29) is 0 Å². The molecule has 0 spiro atoms. The lowest BCUT2D eigenvalue weighted by atomic mass is 9.99. The summed E-state index contributed by atoms with van der Waals surface area (Å²) in [5.74, 6) is 0. The molecule has 2 N–H and O–H groups in total. The van der Waals surface area contributed by atoms with Crippen molar-refractivity contribution in [3.05, 3.63) is 18.0 Å². The van der Waals surface area contributed by atoms with E-state index in [1.807, 2.05) is 6.07 Å². The van der Waals surface area contributed by atoms with Gasteiger partial charge in [0.1, 0.15) is 6.26 Å². The van der Waals surface area contributed by atoms with Gasteiger partial charge in [-0.05, 0) is 19.8 Å². The lowest BCUT2D eigenvalue weighted by Crippen LogP contribution is -2.45. The molecule has 1 fully saturated rings. The molecule has 0 saturated carbocycles. The van der Waals surface area contributed by atoms with Crippen molar-refractivity contribution in [2.75, 3.05) is 6.54 Å². The molecule has 2 heterocycles. The fourth-order valence-corrected chi connectivity index (χ4v) is 2.02. The van der Waals surface area contributed by atoms with E-state index < -0.39 is 0 Å². The molecule has 2 atom stereocenters. The number of nitrogens with two attached hydrogens (primary N) is 1. The molecule has 1 saturated heterocycles. The highest BCUT2D eigenvalue weighted by molar-refractivity contribution is 4.96. The van der Waals surface area contributed by atoms with E-state index in [1.54, 1.807) is 6.26 Å². The van der Waals surface area contributed by atoms with Crippen LogP contribution in [0.4, 0.5) is 0 Å². The summed E-state index contributed by atoms with van der Waals surface area (Å²) in [6.07, 6.45) is 3.79. The molecule has 1 aromatic rings. The summed E-state index contributed by atoms with van der Waals surface area (Å²) >= 11 is 0. The van der Waals surface area contributed by atoms with Crippen LogP contribution in [0.15, 0.2) is 16.9 Å². The Morgan fingerprint density at radius 1 is 1.71 bits per heavy atom. The Hall–Kier alpha value is -0.870. The molecular formula is C10H17N3O. The van der Waals surface area contributed by atoms with Gasteiger partial charge in [-0.25, -0.2) is 0 Å². The van der Waals surface area contributed by atoms with E-state index >= 15 is 0 Å². The molecule has 1 aliphatic rings. The summed E-state index contributed by atoms with van der Waals surface area (Å²) in [5.41, 5.74) is 6.91. The number of aromatic nitrogens is 1. The molecule has 0 amide bonds. The Morgan fingerprint density at radius 2 is 2.57 bits per heavy atom. The van der Waals surface area contributed by atoms with Crippen molar-refractivity contribution >= 4 is 0 Å². The van der Waals surface area contributed by atoms with Crippen LogP contribution in [0.5, 0.6) is 0 Å². The summed E-state index contributed by atoms with van der Waals surface area (Å²) in [7, 11) is 0. The third-order valence-corrected chi connectivity index (χ3v) is 2.91. The first-order valence-electron chi connectivity index (χ1n) is 5.14. The lowest BCUT2D eigenvalue weighted by molar-refractivity contribution is 0.136. The highest BCUT2D eigenvalue weighted by atomic mass is 16.5. The van der Waals surface area contributed by atoms with Crippen LogP contribution in [0, 0.1) is 0 Å². The quantitative estimate of drug-likeness (QED) is 0.764. The molecule has 0 aliphatic carbocycles. The van der Waals surface area contributed by atoms with Crippen LogP contribution in [0.1, 0.15) is 25.5 Å². The second-order valence-electron chi connectivity index (χ2n) is 4.09. The third-order valence-electron chi connectivity index (χ3n) is 2.91. The Labute approximate surface area is 84.0 Å². The minimum absolute atomic E-state index is 0.374. The van der Waals surface area contributed by atoms with Gasteiger partial charge in [0.25, 0.3) is 0 Å². The molecular weight excluding hydrogens is 178 g/mol. The van der Waals surface area contributed by atoms with Gasteiger partial charge < -0.3 is 10.3 Å². The van der Waals surface area contributed by atoms with Crippen LogP contribution in [0.25, 0.3) is 0 Å². The normalized spacial score (nSPS) is 29.3. The van der Waals surface area contributed by atoms with Crippen LogP contribution in [0.2, 0.25) is 0 Å². The summed E-state index contributed by atoms with van der Waals surface area (Å²) in [6.45, 7) is 4.17. The van der Waals surface area contributed by atoms with Crippen LogP contribution >= 0.6 is 0 Å². The zero-order valence-corrected chi connectivity index (χ0v) is 8.52. The molecule has 1 aromatic heterocycles. The molecule has 0 bridgehead atoms. The van der Waals surface area contributed by atoms with Gasteiger partial charge >= 0.3 is 0 Å². The molecule has 4 heteroatoms. The Bertz CT molecular complexity index is 273. The Kier molecular flexibility index (Phi) is 2.84. The highest BCUT2D eigenvalue weighted by Gasteiger charge is 2.23. The summed E-state index contributed by atoms with van der Waals surface area (Å²) in [5, 5.41) is 3.92. The van der Waals surface area contributed by atoms with Gasteiger partial charge in [-0.15, -0.1) is 0 Å². The standard InChI is InChI=1S/C10H17N3O/c1-8-6-9(11)2-4-13(8)7-10-3-5-14-12-10/h3,5,8-9H,2,4,6-7,11H2,1H3. The second kappa shape index (κ2) is 4.11. The summed E-state index contributed by atoms with van der Waals surface area (Å²) in [4.78, 5) is 2.40. The molecule has 2 unspecified atom stereocenters. The first-order valence-corrected chi connectivity index (χ1v) is 5.14. The molecule has 4 nitrogen and oxygen atoms in total. The van der Waals surface area contributed by atoms with Gasteiger partial charge in [0.15, 0.2) is 0 Å². The van der Waals surface area contributed by atoms with Crippen molar-refractivity contribution in [1.82, 2.24) is 10.1 Å². The topological polar surface area (TPSA) is 55.3 Å². The number of piperidine rings is 1. The van der Waals surface area contributed by atoms with Crippen LogP contribution < -0.4 is 5.73 Å². The van der Waals surface area contributed by atoms with E-state index in [1.165, 1.54) is 0 Å². The predicted octanol–water partition coefficient (Wildman–Crippen LogP) is 0.986. The van der Waals surface area contributed by atoms with Gasteiger partial charge in [0.05, 0.1) is 5.69 Å². The Morgan fingerprint density at radius 3 is 3.21 bits per heavy atom. The molecule has 78 valence electrons. The van der Waals surface area contributed by atoms with Crippen LogP contribution in [-0.2, 0) is 6.54 Å². The fourth-order valence-electron chi connectivity index (χ4n) is 2.02. The highest BCUT2D eigenvalue weighted by Crippen LogP contribution is 2.17.